The van der Waals surface area contributed by atoms with E-state index in [4.69, 9.17) is 0 Å². The van der Waals surface area contributed by atoms with Crippen molar-refractivity contribution in [3.05, 3.63) is 45.2 Å². The summed E-state index contributed by atoms with van der Waals surface area (Å²) in [6.07, 6.45) is 0. The molecule has 2 N–H and O–H groups in total. The number of nitrogens with one attached hydrogen (secondary N) is 2. The molecule has 0 aliphatic heterocycles. The molecule has 0 fully saturated rings. The molecule has 2 rings (SSSR count). The van der Waals surface area contributed by atoms with Gasteiger partial charge in [-0.1, -0.05) is 12.1 Å². The number of carbonyl (C=O) groups excluding carboxylic acids is 1. The van der Waals surface area contributed by atoms with Gasteiger partial charge in [-0.2, -0.15) is 5.10 Å². The van der Waals surface area contributed by atoms with E-state index in [0.29, 0.717) is 11.3 Å². The van der Waals surface area contributed by atoms with Gasteiger partial charge in [0.1, 0.15) is 0 Å². The first-order valence-electron chi connectivity index (χ1n) is 5.58. The van der Waals surface area contributed by atoms with E-state index in [1.165, 1.54) is 0 Å². The van der Waals surface area contributed by atoms with Crippen LogP contribution >= 0.6 is 15.9 Å². The average molecular weight is 308 g/mol. The molecule has 1 amide bonds. The van der Waals surface area contributed by atoms with Crippen molar-refractivity contribution >= 4 is 27.5 Å². The van der Waals surface area contributed by atoms with Gasteiger partial charge < -0.3 is 5.32 Å². The Morgan fingerprint density at radius 3 is 2.67 bits per heavy atom. The third-order valence-electron chi connectivity index (χ3n) is 2.80. The lowest BCUT2D eigenvalue weighted by molar-refractivity contribution is 0.102. The zero-order valence-electron chi connectivity index (χ0n) is 10.5. The zero-order valence-corrected chi connectivity index (χ0v) is 12.1. The summed E-state index contributed by atoms with van der Waals surface area (Å²) >= 11 is 3.47. The number of amides is 1. The van der Waals surface area contributed by atoms with Gasteiger partial charge in [0.15, 0.2) is 0 Å². The molecule has 0 spiro atoms. The smallest absolute Gasteiger partial charge is 0.259 e. The summed E-state index contributed by atoms with van der Waals surface area (Å²) in [6.45, 7) is 5.62. The number of H-pyrrole nitrogens is 1. The highest BCUT2D eigenvalue weighted by Crippen LogP contribution is 2.26. The van der Waals surface area contributed by atoms with Crippen molar-refractivity contribution in [3.63, 3.8) is 0 Å². The van der Waals surface area contributed by atoms with Crippen molar-refractivity contribution < 1.29 is 4.79 Å². The van der Waals surface area contributed by atoms with E-state index in [-0.39, 0.29) is 5.91 Å². The Balaban J connectivity index is 2.30. The number of nitrogens with zero attached hydrogens (tertiary/aromatic N) is 1. The second-order valence-corrected chi connectivity index (χ2v) is 4.99. The first-order valence-corrected chi connectivity index (χ1v) is 6.38. The molecule has 0 saturated carbocycles. The summed E-state index contributed by atoms with van der Waals surface area (Å²) in [5.41, 5.74) is 3.92. The van der Waals surface area contributed by atoms with Crippen molar-refractivity contribution in [1.82, 2.24) is 10.2 Å². The number of halogens is 1. The van der Waals surface area contributed by atoms with Crippen LogP contribution in [0.3, 0.4) is 0 Å². The lowest BCUT2D eigenvalue weighted by Crippen LogP contribution is -2.14. The molecule has 0 bridgehead atoms. The second kappa shape index (κ2) is 4.94. The number of benzene rings is 1. The van der Waals surface area contributed by atoms with Crippen molar-refractivity contribution in [3.8, 4) is 0 Å². The van der Waals surface area contributed by atoms with E-state index in [0.717, 1.165) is 21.4 Å². The minimum Gasteiger partial charge on any atom is -0.321 e. The normalized spacial score (nSPS) is 10.4. The Labute approximate surface area is 114 Å². The summed E-state index contributed by atoms with van der Waals surface area (Å²) in [4.78, 5) is 12.2. The fourth-order valence-electron chi connectivity index (χ4n) is 1.81. The second-order valence-electron chi connectivity index (χ2n) is 4.20. The fourth-order valence-corrected chi connectivity index (χ4v) is 2.18. The largest absolute Gasteiger partial charge is 0.321 e. The van der Waals surface area contributed by atoms with Crippen LogP contribution in [0.25, 0.3) is 0 Å². The van der Waals surface area contributed by atoms with Gasteiger partial charge in [0, 0.05) is 10.2 Å². The van der Waals surface area contributed by atoms with Crippen LogP contribution in [0.4, 0.5) is 5.69 Å². The quantitative estimate of drug-likeness (QED) is 0.894. The molecule has 0 unspecified atom stereocenters. The molecule has 0 atom stereocenters. The maximum absolute atomic E-state index is 12.2. The highest BCUT2D eigenvalue weighted by Gasteiger charge is 2.16. The van der Waals surface area contributed by atoms with Gasteiger partial charge in [0.05, 0.1) is 16.9 Å². The number of aromatic amines is 1. The van der Waals surface area contributed by atoms with Crippen LogP contribution in [-0.4, -0.2) is 16.1 Å². The minimum absolute atomic E-state index is 0.148. The number of aromatic nitrogens is 2. The average Bonchev–Trinajstić information content (AvgIpc) is 2.65. The molecule has 0 aliphatic carbocycles. The number of hydrogen-bond donors (Lipinski definition) is 2. The van der Waals surface area contributed by atoms with Gasteiger partial charge in [0.25, 0.3) is 5.91 Å². The molecule has 0 aliphatic rings. The minimum atomic E-state index is -0.148. The number of rotatable bonds is 2. The molecular formula is C13H14BrN3O. The van der Waals surface area contributed by atoms with Gasteiger partial charge >= 0.3 is 0 Å². The highest BCUT2D eigenvalue weighted by molar-refractivity contribution is 9.10. The van der Waals surface area contributed by atoms with Crippen molar-refractivity contribution in [1.29, 1.82) is 0 Å². The summed E-state index contributed by atoms with van der Waals surface area (Å²) in [5.74, 6) is -0.148. The first kappa shape index (κ1) is 12.8. The van der Waals surface area contributed by atoms with Crippen molar-refractivity contribution in [2.75, 3.05) is 5.32 Å². The molecule has 94 valence electrons. The lowest BCUT2D eigenvalue weighted by Gasteiger charge is -2.09. The van der Waals surface area contributed by atoms with Gasteiger partial charge in [-0.05, 0) is 48.3 Å². The molecule has 0 saturated heterocycles. The van der Waals surface area contributed by atoms with Crippen LogP contribution in [0.1, 0.15) is 27.3 Å². The molecule has 1 aromatic heterocycles. The van der Waals surface area contributed by atoms with Crippen LogP contribution < -0.4 is 5.32 Å². The first-order chi connectivity index (χ1) is 8.50. The molecule has 1 aromatic carbocycles. The summed E-state index contributed by atoms with van der Waals surface area (Å²) in [6, 6.07) is 5.75. The Kier molecular flexibility index (Phi) is 3.52. The molecule has 1 heterocycles. The van der Waals surface area contributed by atoms with E-state index < -0.39 is 0 Å². The van der Waals surface area contributed by atoms with Gasteiger partial charge in [-0.15, -0.1) is 0 Å². The lowest BCUT2D eigenvalue weighted by atomic mass is 10.1. The molecule has 18 heavy (non-hydrogen) atoms. The zero-order chi connectivity index (χ0) is 13.3. The molecule has 0 radical (unpaired) electrons. The van der Waals surface area contributed by atoms with Crippen LogP contribution in [0.5, 0.6) is 0 Å². The van der Waals surface area contributed by atoms with Crippen LogP contribution in [-0.2, 0) is 0 Å². The predicted octanol–water partition coefficient (Wildman–Crippen LogP) is 3.35. The van der Waals surface area contributed by atoms with Gasteiger partial charge in [-0.25, -0.2) is 0 Å². The van der Waals surface area contributed by atoms with Gasteiger partial charge in [0.2, 0.25) is 0 Å². The molecule has 2 aromatic rings. The summed E-state index contributed by atoms with van der Waals surface area (Å²) < 4.78 is 0.900. The fraction of sp³-hybridized carbons (Fsp3) is 0.231. The van der Waals surface area contributed by atoms with Crippen molar-refractivity contribution in [2.45, 2.75) is 20.8 Å². The van der Waals surface area contributed by atoms with E-state index >= 15 is 0 Å². The Morgan fingerprint density at radius 1 is 1.33 bits per heavy atom. The number of aryl methyl sites for hydroxylation is 3. The van der Waals surface area contributed by atoms with E-state index in [2.05, 4.69) is 31.4 Å². The highest BCUT2D eigenvalue weighted by atomic mass is 79.9. The van der Waals surface area contributed by atoms with Crippen LogP contribution in [0.15, 0.2) is 22.7 Å². The van der Waals surface area contributed by atoms with Crippen LogP contribution in [0, 0.1) is 20.8 Å². The van der Waals surface area contributed by atoms with E-state index in [1.807, 2.05) is 39.0 Å². The summed E-state index contributed by atoms with van der Waals surface area (Å²) in [7, 11) is 0. The van der Waals surface area contributed by atoms with E-state index in [9.17, 15) is 4.79 Å². The van der Waals surface area contributed by atoms with Crippen LogP contribution in [0.2, 0.25) is 0 Å². The van der Waals surface area contributed by atoms with Crippen molar-refractivity contribution in [2.24, 2.45) is 0 Å². The Bertz CT molecular complexity index is 585. The maximum atomic E-state index is 12.2. The third kappa shape index (κ3) is 2.31. The third-order valence-corrected chi connectivity index (χ3v) is 3.85. The monoisotopic (exact) mass is 307 g/mol. The molecule has 5 heteroatoms. The van der Waals surface area contributed by atoms with E-state index in [1.54, 1.807) is 0 Å². The number of anilines is 1. The summed E-state index contributed by atoms with van der Waals surface area (Å²) in [5, 5.41) is 9.72. The number of carbonyl (C=O) groups is 1. The standard InChI is InChI=1S/C13H14BrN3O/c1-7-5-4-6-10(12(7)14)15-13(18)11-8(2)16-17-9(11)3/h4-6H,1-3H3,(H,15,18)(H,16,17). The molecular weight excluding hydrogens is 294 g/mol. The predicted molar refractivity (Wildman–Crippen MR) is 74.9 cm³/mol. The topological polar surface area (TPSA) is 57.8 Å². The Hall–Kier alpha value is -1.62. The molecule has 4 nitrogen and oxygen atoms in total. The van der Waals surface area contributed by atoms with Gasteiger partial charge in [-0.3, -0.25) is 9.89 Å². The number of hydrogen-bond acceptors (Lipinski definition) is 2. The maximum Gasteiger partial charge on any atom is 0.259 e. The Morgan fingerprint density at radius 2 is 2.06 bits per heavy atom. The SMILES string of the molecule is Cc1cccc(NC(=O)c2c(C)n[nH]c2C)c1Br.